The Kier molecular flexibility index (Phi) is 5.71. The van der Waals surface area contributed by atoms with Gasteiger partial charge in [-0.3, -0.25) is 4.79 Å². The summed E-state index contributed by atoms with van der Waals surface area (Å²) in [5.41, 5.74) is 1.03. The number of benzene rings is 1. The number of esters is 1. The molecule has 0 saturated heterocycles. The third kappa shape index (κ3) is 4.07. The SMILES string of the molecule is COC(=O)c1cccc(NC(=O)C(C)CSC)c1. The number of thioether (sulfide) groups is 1. The molecule has 1 rings (SSSR count). The smallest absolute Gasteiger partial charge is 0.337 e. The number of nitrogens with one attached hydrogen (secondary N) is 1. The second-order valence-electron chi connectivity index (χ2n) is 3.92. The van der Waals surface area contributed by atoms with Crippen molar-refractivity contribution < 1.29 is 14.3 Å². The van der Waals surface area contributed by atoms with Gasteiger partial charge < -0.3 is 10.1 Å². The summed E-state index contributed by atoms with van der Waals surface area (Å²) in [5, 5.41) is 2.79. The van der Waals surface area contributed by atoms with E-state index in [1.165, 1.54) is 7.11 Å². The Hall–Kier alpha value is -1.49. The minimum atomic E-state index is -0.414. The van der Waals surface area contributed by atoms with E-state index in [0.29, 0.717) is 11.3 Å². The van der Waals surface area contributed by atoms with Crippen LogP contribution in [0, 0.1) is 5.92 Å². The fourth-order valence-electron chi connectivity index (χ4n) is 1.43. The highest BCUT2D eigenvalue weighted by molar-refractivity contribution is 7.98. The first kappa shape index (κ1) is 14.6. The van der Waals surface area contributed by atoms with Gasteiger partial charge in [-0.2, -0.15) is 11.8 Å². The molecule has 18 heavy (non-hydrogen) atoms. The highest BCUT2D eigenvalue weighted by Crippen LogP contribution is 2.14. The van der Waals surface area contributed by atoms with E-state index in [2.05, 4.69) is 10.1 Å². The molecule has 98 valence electrons. The summed E-state index contributed by atoms with van der Waals surface area (Å²) in [4.78, 5) is 23.2. The molecule has 0 aliphatic rings. The van der Waals surface area contributed by atoms with Gasteiger partial charge in [0.2, 0.25) is 5.91 Å². The van der Waals surface area contributed by atoms with Crippen LogP contribution in [-0.2, 0) is 9.53 Å². The highest BCUT2D eigenvalue weighted by atomic mass is 32.2. The summed E-state index contributed by atoms with van der Waals surface area (Å²) in [6, 6.07) is 6.71. The molecule has 0 aliphatic carbocycles. The summed E-state index contributed by atoms with van der Waals surface area (Å²) < 4.78 is 4.63. The predicted molar refractivity (Wildman–Crippen MR) is 74.0 cm³/mol. The van der Waals surface area contributed by atoms with Crippen LogP contribution < -0.4 is 5.32 Å². The summed E-state index contributed by atoms with van der Waals surface area (Å²) in [7, 11) is 1.33. The molecular weight excluding hydrogens is 250 g/mol. The molecule has 5 heteroatoms. The number of rotatable bonds is 5. The lowest BCUT2D eigenvalue weighted by Gasteiger charge is -2.11. The maximum atomic E-state index is 11.8. The zero-order valence-corrected chi connectivity index (χ0v) is 11.5. The number of hydrogen-bond acceptors (Lipinski definition) is 4. The number of hydrogen-bond donors (Lipinski definition) is 1. The number of anilines is 1. The minimum absolute atomic E-state index is 0.0497. The van der Waals surface area contributed by atoms with E-state index in [0.717, 1.165) is 5.75 Å². The minimum Gasteiger partial charge on any atom is -0.465 e. The van der Waals surface area contributed by atoms with Crippen molar-refractivity contribution in [1.29, 1.82) is 0 Å². The van der Waals surface area contributed by atoms with Gasteiger partial charge in [-0.15, -0.1) is 0 Å². The van der Waals surface area contributed by atoms with E-state index in [-0.39, 0.29) is 11.8 Å². The van der Waals surface area contributed by atoms with Crippen molar-refractivity contribution in [1.82, 2.24) is 0 Å². The molecule has 4 nitrogen and oxygen atoms in total. The molecule has 0 radical (unpaired) electrons. The summed E-state index contributed by atoms with van der Waals surface area (Å²) >= 11 is 1.63. The van der Waals surface area contributed by atoms with Crippen molar-refractivity contribution in [2.45, 2.75) is 6.92 Å². The number of carbonyl (C=O) groups is 2. The molecule has 1 unspecified atom stereocenters. The average molecular weight is 267 g/mol. The van der Waals surface area contributed by atoms with Gasteiger partial charge in [0, 0.05) is 17.4 Å². The van der Waals surface area contributed by atoms with Gasteiger partial charge in [-0.05, 0) is 24.5 Å². The fourth-order valence-corrected chi connectivity index (χ4v) is 2.08. The van der Waals surface area contributed by atoms with Gasteiger partial charge >= 0.3 is 5.97 Å². The van der Waals surface area contributed by atoms with E-state index >= 15 is 0 Å². The molecule has 1 aromatic rings. The summed E-state index contributed by atoms with van der Waals surface area (Å²) in [6.45, 7) is 1.87. The van der Waals surface area contributed by atoms with Crippen molar-refractivity contribution in [3.63, 3.8) is 0 Å². The lowest BCUT2D eigenvalue weighted by Crippen LogP contribution is -2.22. The van der Waals surface area contributed by atoms with E-state index in [9.17, 15) is 9.59 Å². The first-order chi connectivity index (χ1) is 8.58. The highest BCUT2D eigenvalue weighted by Gasteiger charge is 2.13. The molecule has 1 N–H and O–H groups in total. The van der Waals surface area contributed by atoms with Crippen molar-refractivity contribution >= 4 is 29.3 Å². The zero-order chi connectivity index (χ0) is 13.5. The quantitative estimate of drug-likeness (QED) is 0.832. The molecule has 0 fully saturated rings. The second kappa shape index (κ2) is 7.06. The molecule has 1 atom stereocenters. The summed E-state index contributed by atoms with van der Waals surface area (Å²) in [5.74, 6) is 0.235. The van der Waals surface area contributed by atoms with Crippen LogP contribution in [0.25, 0.3) is 0 Å². The summed E-state index contributed by atoms with van der Waals surface area (Å²) in [6.07, 6.45) is 1.96. The third-order valence-electron chi connectivity index (χ3n) is 2.42. The molecule has 1 amide bonds. The number of ether oxygens (including phenoxy) is 1. The Labute approximate surface area is 111 Å². The zero-order valence-electron chi connectivity index (χ0n) is 10.7. The predicted octanol–water partition coefficient (Wildman–Crippen LogP) is 2.41. The normalized spacial score (nSPS) is 11.7. The van der Waals surface area contributed by atoms with Crippen molar-refractivity contribution in [2.24, 2.45) is 5.92 Å². The van der Waals surface area contributed by atoms with Gasteiger partial charge in [0.15, 0.2) is 0 Å². The maximum Gasteiger partial charge on any atom is 0.337 e. The Morgan fingerprint density at radius 2 is 2.17 bits per heavy atom. The van der Waals surface area contributed by atoms with Gasteiger partial charge in [-0.1, -0.05) is 13.0 Å². The molecule has 0 saturated carbocycles. The van der Waals surface area contributed by atoms with E-state index in [4.69, 9.17) is 0 Å². The van der Waals surface area contributed by atoms with Gasteiger partial charge in [0.05, 0.1) is 12.7 Å². The Bertz CT molecular complexity index is 434. The number of carbonyl (C=O) groups excluding carboxylic acids is 2. The van der Waals surface area contributed by atoms with Crippen molar-refractivity contribution in [2.75, 3.05) is 24.4 Å². The van der Waals surface area contributed by atoms with Crippen LogP contribution in [0.1, 0.15) is 17.3 Å². The van der Waals surface area contributed by atoms with Crippen LogP contribution in [0.5, 0.6) is 0 Å². The van der Waals surface area contributed by atoms with Crippen LogP contribution >= 0.6 is 11.8 Å². The largest absolute Gasteiger partial charge is 0.465 e. The van der Waals surface area contributed by atoms with Gasteiger partial charge in [0.25, 0.3) is 0 Å². The molecule has 0 bridgehead atoms. The molecule has 0 spiro atoms. The lowest BCUT2D eigenvalue weighted by molar-refractivity contribution is -0.118. The second-order valence-corrected chi connectivity index (χ2v) is 4.83. The van der Waals surface area contributed by atoms with Crippen LogP contribution in [0.15, 0.2) is 24.3 Å². The Morgan fingerprint density at radius 3 is 2.78 bits per heavy atom. The molecule has 0 aliphatic heterocycles. The maximum absolute atomic E-state index is 11.8. The molecule has 0 aromatic heterocycles. The number of amides is 1. The van der Waals surface area contributed by atoms with E-state index in [1.54, 1.807) is 36.0 Å². The lowest BCUT2D eigenvalue weighted by atomic mass is 10.1. The van der Waals surface area contributed by atoms with Gasteiger partial charge in [0.1, 0.15) is 0 Å². The first-order valence-corrected chi connectivity index (χ1v) is 6.96. The average Bonchev–Trinajstić information content (AvgIpc) is 2.38. The molecular formula is C13H17NO3S. The standard InChI is InChI=1S/C13H17NO3S/c1-9(8-18-3)12(15)14-11-6-4-5-10(7-11)13(16)17-2/h4-7,9H,8H2,1-3H3,(H,14,15). The van der Waals surface area contributed by atoms with E-state index in [1.807, 2.05) is 13.2 Å². The number of methoxy groups -OCH3 is 1. The van der Waals surface area contributed by atoms with Crippen LogP contribution in [0.3, 0.4) is 0 Å². The molecule has 1 aromatic carbocycles. The van der Waals surface area contributed by atoms with Crippen molar-refractivity contribution in [3.8, 4) is 0 Å². The third-order valence-corrected chi connectivity index (χ3v) is 3.25. The Balaban J connectivity index is 2.73. The van der Waals surface area contributed by atoms with Crippen LogP contribution in [0.2, 0.25) is 0 Å². The fraction of sp³-hybridized carbons (Fsp3) is 0.385. The topological polar surface area (TPSA) is 55.4 Å². The Morgan fingerprint density at radius 1 is 1.44 bits per heavy atom. The molecule has 0 heterocycles. The van der Waals surface area contributed by atoms with Crippen molar-refractivity contribution in [3.05, 3.63) is 29.8 Å². The van der Waals surface area contributed by atoms with Gasteiger partial charge in [-0.25, -0.2) is 4.79 Å². The monoisotopic (exact) mass is 267 g/mol. The first-order valence-electron chi connectivity index (χ1n) is 5.56. The van der Waals surface area contributed by atoms with E-state index < -0.39 is 5.97 Å². The van der Waals surface area contributed by atoms with Crippen LogP contribution in [0.4, 0.5) is 5.69 Å². The van der Waals surface area contributed by atoms with Crippen LogP contribution in [-0.4, -0.2) is 31.0 Å².